The summed E-state index contributed by atoms with van der Waals surface area (Å²) in [7, 11) is 0. The zero-order valence-corrected chi connectivity index (χ0v) is 8.76. The highest BCUT2D eigenvalue weighted by Crippen LogP contribution is 2.22. The third-order valence-electron chi connectivity index (χ3n) is 1.69. The summed E-state index contributed by atoms with van der Waals surface area (Å²) in [5, 5.41) is 3.78. The minimum absolute atomic E-state index is 0.601. The van der Waals surface area contributed by atoms with Crippen LogP contribution in [0.1, 0.15) is 0 Å². The lowest BCUT2D eigenvalue weighted by Crippen LogP contribution is -2.26. The van der Waals surface area contributed by atoms with E-state index >= 15 is 0 Å². The van der Waals surface area contributed by atoms with Crippen LogP contribution in [-0.4, -0.2) is 26.2 Å². The van der Waals surface area contributed by atoms with Crippen LogP contribution in [0.25, 0.3) is 0 Å². The number of ether oxygens (including phenoxy) is 1. The molecule has 0 spiro atoms. The highest BCUT2D eigenvalue weighted by Gasteiger charge is 1.97. The van der Waals surface area contributed by atoms with Gasteiger partial charge < -0.3 is 15.8 Å². The zero-order valence-electron chi connectivity index (χ0n) is 8.00. The maximum absolute atomic E-state index is 5.90. The number of nitrogens with one attached hydrogen (secondary N) is 1. The number of benzene rings is 1. The van der Waals surface area contributed by atoms with Crippen molar-refractivity contribution in [3.05, 3.63) is 29.3 Å². The largest absolute Gasteiger partial charge is 0.491 e. The smallest absolute Gasteiger partial charge is 0.137 e. The van der Waals surface area contributed by atoms with Gasteiger partial charge in [0.15, 0.2) is 0 Å². The Morgan fingerprint density at radius 1 is 1.29 bits per heavy atom. The van der Waals surface area contributed by atoms with Crippen molar-refractivity contribution in [3.63, 3.8) is 0 Å². The van der Waals surface area contributed by atoms with Crippen molar-refractivity contribution in [3.8, 4) is 5.75 Å². The van der Waals surface area contributed by atoms with Crippen molar-refractivity contribution < 1.29 is 4.74 Å². The van der Waals surface area contributed by atoms with Gasteiger partial charge in [-0.25, -0.2) is 0 Å². The molecule has 0 aliphatic rings. The molecule has 0 aliphatic heterocycles. The van der Waals surface area contributed by atoms with Crippen LogP contribution in [0.3, 0.4) is 0 Å². The fourth-order valence-corrected chi connectivity index (χ4v) is 1.21. The number of hydrogen-bond donors (Lipinski definition) is 2. The second-order valence-corrected chi connectivity index (χ2v) is 3.22. The summed E-state index contributed by atoms with van der Waals surface area (Å²) in [5.74, 6) is 0.726. The van der Waals surface area contributed by atoms with E-state index in [1.807, 2.05) is 24.3 Å². The third kappa shape index (κ3) is 3.96. The molecule has 3 N–H and O–H groups in total. The average Bonchev–Trinajstić information content (AvgIpc) is 2.20. The molecule has 1 aromatic carbocycles. The van der Waals surface area contributed by atoms with E-state index in [9.17, 15) is 0 Å². The molecular weight excluding hydrogens is 200 g/mol. The molecule has 0 amide bonds. The van der Waals surface area contributed by atoms with Crippen molar-refractivity contribution in [2.24, 2.45) is 5.73 Å². The Labute approximate surface area is 89.2 Å². The van der Waals surface area contributed by atoms with Gasteiger partial charge in [0.05, 0.1) is 5.02 Å². The molecule has 0 saturated carbocycles. The summed E-state index contributed by atoms with van der Waals surface area (Å²) in [6.45, 7) is 2.84. The van der Waals surface area contributed by atoms with Crippen molar-refractivity contribution in [1.29, 1.82) is 0 Å². The molecule has 0 unspecified atom stereocenters. The number of hydrogen-bond acceptors (Lipinski definition) is 3. The molecular formula is C10H15ClN2O. The predicted molar refractivity (Wildman–Crippen MR) is 58.9 cm³/mol. The molecule has 0 radical (unpaired) electrons. The Balaban J connectivity index is 2.21. The molecule has 0 saturated heterocycles. The van der Waals surface area contributed by atoms with Gasteiger partial charge in [-0.15, -0.1) is 0 Å². The molecule has 1 rings (SSSR count). The molecule has 0 bridgehead atoms. The van der Waals surface area contributed by atoms with Crippen LogP contribution in [0.4, 0.5) is 0 Å². The summed E-state index contributed by atoms with van der Waals surface area (Å²) < 4.78 is 5.45. The van der Waals surface area contributed by atoms with Gasteiger partial charge in [-0.3, -0.25) is 0 Å². The second-order valence-electron chi connectivity index (χ2n) is 2.82. The lowest BCUT2D eigenvalue weighted by Gasteiger charge is -2.07. The molecule has 0 heterocycles. The van der Waals surface area contributed by atoms with Gasteiger partial charge in [-0.05, 0) is 12.1 Å². The van der Waals surface area contributed by atoms with Crippen molar-refractivity contribution >= 4 is 11.6 Å². The van der Waals surface area contributed by atoms with Gasteiger partial charge in [0.2, 0.25) is 0 Å². The minimum atomic E-state index is 0.601. The van der Waals surface area contributed by atoms with E-state index in [0.717, 1.165) is 18.8 Å². The van der Waals surface area contributed by atoms with E-state index in [1.54, 1.807) is 0 Å². The van der Waals surface area contributed by atoms with E-state index in [2.05, 4.69) is 5.32 Å². The fourth-order valence-electron chi connectivity index (χ4n) is 1.02. The van der Waals surface area contributed by atoms with Gasteiger partial charge in [0, 0.05) is 19.6 Å². The first-order valence-electron chi connectivity index (χ1n) is 4.62. The highest BCUT2D eigenvalue weighted by molar-refractivity contribution is 6.32. The van der Waals surface area contributed by atoms with Gasteiger partial charge in [0.25, 0.3) is 0 Å². The SMILES string of the molecule is NCCNCCOc1ccccc1Cl. The standard InChI is InChI=1S/C10H15ClN2O/c11-9-3-1-2-4-10(9)14-8-7-13-6-5-12/h1-4,13H,5-8,12H2. The highest BCUT2D eigenvalue weighted by atomic mass is 35.5. The first kappa shape index (κ1) is 11.3. The molecule has 78 valence electrons. The number of nitrogens with two attached hydrogens (primary N) is 1. The normalized spacial score (nSPS) is 10.1. The van der Waals surface area contributed by atoms with E-state index in [4.69, 9.17) is 22.1 Å². The molecule has 0 fully saturated rings. The number of para-hydroxylation sites is 1. The van der Waals surface area contributed by atoms with Crippen LogP contribution < -0.4 is 15.8 Å². The maximum atomic E-state index is 5.90. The molecule has 1 aromatic rings. The van der Waals surface area contributed by atoms with E-state index in [0.29, 0.717) is 18.2 Å². The summed E-state index contributed by atoms with van der Waals surface area (Å²) in [4.78, 5) is 0. The summed E-state index contributed by atoms with van der Waals surface area (Å²) >= 11 is 5.90. The van der Waals surface area contributed by atoms with Crippen LogP contribution in [0.5, 0.6) is 5.75 Å². The number of rotatable bonds is 6. The Morgan fingerprint density at radius 2 is 2.07 bits per heavy atom. The van der Waals surface area contributed by atoms with Crippen molar-refractivity contribution in [2.45, 2.75) is 0 Å². The van der Waals surface area contributed by atoms with Crippen LogP contribution in [0, 0.1) is 0 Å². The maximum Gasteiger partial charge on any atom is 0.137 e. The van der Waals surface area contributed by atoms with Crippen molar-refractivity contribution in [2.75, 3.05) is 26.2 Å². The molecule has 4 heteroatoms. The summed E-state index contributed by atoms with van der Waals surface area (Å²) in [6.07, 6.45) is 0. The van der Waals surface area contributed by atoms with Crippen LogP contribution in [0.2, 0.25) is 5.02 Å². The Kier molecular flexibility index (Phi) is 5.37. The van der Waals surface area contributed by atoms with Gasteiger partial charge in [-0.2, -0.15) is 0 Å². The molecule has 3 nitrogen and oxygen atoms in total. The van der Waals surface area contributed by atoms with Gasteiger partial charge in [-0.1, -0.05) is 23.7 Å². The number of halogens is 1. The average molecular weight is 215 g/mol. The fraction of sp³-hybridized carbons (Fsp3) is 0.400. The molecule has 0 aromatic heterocycles. The predicted octanol–water partition coefficient (Wildman–Crippen LogP) is 1.27. The topological polar surface area (TPSA) is 47.3 Å². The lowest BCUT2D eigenvalue weighted by molar-refractivity contribution is 0.315. The van der Waals surface area contributed by atoms with Crippen LogP contribution in [0.15, 0.2) is 24.3 Å². The van der Waals surface area contributed by atoms with Crippen molar-refractivity contribution in [1.82, 2.24) is 5.32 Å². The quantitative estimate of drug-likeness (QED) is 0.702. The first-order valence-corrected chi connectivity index (χ1v) is 5.00. The van der Waals surface area contributed by atoms with E-state index in [1.165, 1.54) is 0 Å². The first-order chi connectivity index (χ1) is 6.84. The van der Waals surface area contributed by atoms with E-state index in [-0.39, 0.29) is 0 Å². The monoisotopic (exact) mass is 214 g/mol. The van der Waals surface area contributed by atoms with Crippen LogP contribution in [-0.2, 0) is 0 Å². The Bertz CT molecular complexity index is 268. The Morgan fingerprint density at radius 3 is 2.79 bits per heavy atom. The summed E-state index contributed by atoms with van der Waals surface area (Å²) in [6, 6.07) is 7.44. The Hall–Kier alpha value is -0.770. The third-order valence-corrected chi connectivity index (χ3v) is 2.01. The molecule has 0 atom stereocenters. The van der Waals surface area contributed by atoms with Gasteiger partial charge >= 0.3 is 0 Å². The van der Waals surface area contributed by atoms with E-state index < -0.39 is 0 Å². The molecule has 0 aliphatic carbocycles. The minimum Gasteiger partial charge on any atom is -0.491 e. The van der Waals surface area contributed by atoms with Gasteiger partial charge in [0.1, 0.15) is 12.4 Å². The zero-order chi connectivity index (χ0) is 10.2. The second kappa shape index (κ2) is 6.65. The summed E-state index contributed by atoms with van der Waals surface area (Å²) in [5.41, 5.74) is 5.32. The lowest BCUT2D eigenvalue weighted by atomic mass is 10.3. The molecule has 14 heavy (non-hydrogen) atoms. The van der Waals surface area contributed by atoms with Crippen LogP contribution >= 0.6 is 11.6 Å².